The van der Waals surface area contributed by atoms with E-state index < -0.39 is 0 Å². The van der Waals surface area contributed by atoms with Gasteiger partial charge in [-0.2, -0.15) is 9.97 Å². The summed E-state index contributed by atoms with van der Waals surface area (Å²) in [6.45, 7) is 1.09. The Morgan fingerprint density at radius 1 is 1.19 bits per heavy atom. The van der Waals surface area contributed by atoms with Crippen LogP contribution < -0.4 is 10.2 Å². The Morgan fingerprint density at radius 3 is 2.95 bits per heavy atom. The van der Waals surface area contributed by atoms with Gasteiger partial charge in [-0.05, 0) is 31.6 Å². The molecule has 1 aliphatic heterocycles. The molecule has 2 N–H and O–H groups in total. The van der Waals surface area contributed by atoms with Crippen LogP contribution in [0, 0.1) is 5.92 Å². The Kier molecular flexibility index (Phi) is 3.16. The fourth-order valence-electron chi connectivity index (χ4n) is 4.03. The largest absolute Gasteiger partial charge is 0.357 e. The van der Waals surface area contributed by atoms with Crippen LogP contribution in [-0.2, 0) is 0 Å². The van der Waals surface area contributed by atoms with Crippen molar-refractivity contribution in [1.82, 2.24) is 19.9 Å². The van der Waals surface area contributed by atoms with Gasteiger partial charge in [-0.1, -0.05) is 12.8 Å². The van der Waals surface area contributed by atoms with E-state index in [9.17, 15) is 0 Å². The second-order valence-electron chi connectivity index (χ2n) is 6.17. The smallest absolute Gasteiger partial charge is 0.226 e. The molecule has 3 heterocycles. The summed E-state index contributed by atoms with van der Waals surface area (Å²) in [7, 11) is 1.86. The summed E-state index contributed by atoms with van der Waals surface area (Å²) in [5.74, 6) is 2.51. The van der Waals surface area contributed by atoms with Crippen molar-refractivity contribution >= 4 is 22.9 Å². The molecule has 0 spiro atoms. The second-order valence-corrected chi connectivity index (χ2v) is 6.17. The number of hydrogen-bond acceptors (Lipinski definition) is 5. The van der Waals surface area contributed by atoms with Crippen molar-refractivity contribution in [3.63, 3.8) is 0 Å². The zero-order chi connectivity index (χ0) is 14.2. The molecule has 0 amide bonds. The molecule has 2 aromatic heterocycles. The van der Waals surface area contributed by atoms with Crippen LogP contribution in [0.3, 0.4) is 0 Å². The molecule has 112 valence electrons. The number of piperidine rings is 1. The number of nitrogens with one attached hydrogen (secondary N) is 2. The molecular formula is C15H22N6. The van der Waals surface area contributed by atoms with Crippen molar-refractivity contribution < 1.29 is 0 Å². The van der Waals surface area contributed by atoms with Gasteiger partial charge in [0.25, 0.3) is 0 Å². The van der Waals surface area contributed by atoms with E-state index in [-0.39, 0.29) is 0 Å². The maximum absolute atomic E-state index is 4.74. The molecule has 1 saturated carbocycles. The number of fused-ring (bicyclic) bond motifs is 2. The third-order valence-corrected chi connectivity index (χ3v) is 5.01. The minimum atomic E-state index is 0.638. The zero-order valence-electron chi connectivity index (χ0n) is 12.5. The summed E-state index contributed by atoms with van der Waals surface area (Å²) < 4.78 is 0. The summed E-state index contributed by atoms with van der Waals surface area (Å²) in [6, 6.07) is 0.638. The van der Waals surface area contributed by atoms with Gasteiger partial charge in [0.05, 0.1) is 6.33 Å². The first-order valence-electron chi connectivity index (χ1n) is 8.02. The molecule has 4 rings (SSSR count). The van der Waals surface area contributed by atoms with Crippen molar-refractivity contribution in [2.45, 2.75) is 44.6 Å². The fourth-order valence-corrected chi connectivity index (χ4v) is 4.03. The lowest BCUT2D eigenvalue weighted by Crippen LogP contribution is -2.47. The lowest BCUT2D eigenvalue weighted by Gasteiger charge is -2.44. The first-order valence-corrected chi connectivity index (χ1v) is 8.02. The van der Waals surface area contributed by atoms with Crippen LogP contribution in [-0.4, -0.2) is 39.6 Å². The molecular weight excluding hydrogens is 264 g/mol. The van der Waals surface area contributed by atoms with Crippen LogP contribution in [0.15, 0.2) is 6.33 Å². The average molecular weight is 286 g/mol. The molecule has 1 aliphatic carbocycles. The summed E-state index contributed by atoms with van der Waals surface area (Å²) in [4.78, 5) is 19.2. The minimum absolute atomic E-state index is 0.638. The van der Waals surface area contributed by atoms with E-state index in [1.807, 2.05) is 7.05 Å². The van der Waals surface area contributed by atoms with Crippen LogP contribution in [0.1, 0.15) is 38.5 Å². The van der Waals surface area contributed by atoms with Crippen LogP contribution in [0.2, 0.25) is 0 Å². The van der Waals surface area contributed by atoms with E-state index in [0.29, 0.717) is 12.0 Å². The van der Waals surface area contributed by atoms with Crippen molar-refractivity contribution in [3.8, 4) is 0 Å². The number of anilines is 2. The summed E-state index contributed by atoms with van der Waals surface area (Å²) in [5, 5.41) is 3.06. The molecule has 21 heavy (non-hydrogen) atoms. The summed E-state index contributed by atoms with van der Waals surface area (Å²) >= 11 is 0. The van der Waals surface area contributed by atoms with E-state index in [4.69, 9.17) is 4.98 Å². The molecule has 6 nitrogen and oxygen atoms in total. The van der Waals surface area contributed by atoms with Gasteiger partial charge in [0.2, 0.25) is 5.95 Å². The van der Waals surface area contributed by atoms with Crippen molar-refractivity contribution in [3.05, 3.63) is 6.33 Å². The van der Waals surface area contributed by atoms with Gasteiger partial charge in [0.15, 0.2) is 11.5 Å². The van der Waals surface area contributed by atoms with Gasteiger partial charge in [0, 0.05) is 19.6 Å². The first-order chi connectivity index (χ1) is 10.4. The topological polar surface area (TPSA) is 69.7 Å². The van der Waals surface area contributed by atoms with E-state index in [1.165, 1.54) is 38.5 Å². The van der Waals surface area contributed by atoms with Crippen LogP contribution in [0.25, 0.3) is 11.2 Å². The molecule has 1 saturated heterocycles. The standard InChI is InChI=1S/C15H22N6/c1-16-15-19-13-12(17-9-18-13)14(20-15)21-8-4-6-10-5-2-3-7-11(10)21/h9-11H,2-8H2,1H3,(H2,16,17,18,19,20)/t10-,11-/m1/s1. The zero-order valence-corrected chi connectivity index (χ0v) is 12.5. The van der Waals surface area contributed by atoms with Gasteiger partial charge in [-0.3, -0.25) is 0 Å². The monoisotopic (exact) mass is 286 g/mol. The Labute approximate surface area is 124 Å². The molecule has 2 fully saturated rings. The molecule has 0 bridgehead atoms. The molecule has 0 radical (unpaired) electrons. The maximum atomic E-state index is 4.74. The number of imidazole rings is 1. The lowest BCUT2D eigenvalue weighted by atomic mass is 9.78. The number of nitrogens with zero attached hydrogens (tertiary/aromatic N) is 4. The summed E-state index contributed by atoms with van der Waals surface area (Å²) in [6.07, 6.45) is 9.74. The summed E-state index contributed by atoms with van der Waals surface area (Å²) in [5.41, 5.74) is 1.72. The van der Waals surface area contributed by atoms with Crippen molar-refractivity contribution in [1.29, 1.82) is 0 Å². The number of H-pyrrole nitrogens is 1. The molecule has 2 aromatic rings. The molecule has 6 heteroatoms. The lowest BCUT2D eigenvalue weighted by molar-refractivity contribution is 0.243. The van der Waals surface area contributed by atoms with E-state index in [0.717, 1.165) is 29.4 Å². The number of hydrogen-bond donors (Lipinski definition) is 2. The highest BCUT2D eigenvalue weighted by atomic mass is 15.3. The predicted octanol–water partition coefficient (Wildman–Crippen LogP) is 2.55. The molecule has 0 unspecified atom stereocenters. The number of aromatic amines is 1. The van der Waals surface area contributed by atoms with Gasteiger partial charge in [0.1, 0.15) is 5.52 Å². The van der Waals surface area contributed by atoms with Crippen LogP contribution >= 0.6 is 0 Å². The molecule has 2 atom stereocenters. The van der Waals surface area contributed by atoms with Crippen molar-refractivity contribution in [2.24, 2.45) is 5.92 Å². The van der Waals surface area contributed by atoms with Gasteiger partial charge < -0.3 is 15.2 Å². The Balaban J connectivity index is 1.78. The van der Waals surface area contributed by atoms with E-state index >= 15 is 0 Å². The Hall–Kier alpha value is -1.85. The Bertz CT molecular complexity index is 634. The highest BCUT2D eigenvalue weighted by Gasteiger charge is 2.35. The average Bonchev–Trinajstić information content (AvgIpc) is 3.02. The quantitative estimate of drug-likeness (QED) is 0.888. The number of rotatable bonds is 2. The highest BCUT2D eigenvalue weighted by molar-refractivity contribution is 5.84. The first kappa shape index (κ1) is 12.9. The van der Waals surface area contributed by atoms with E-state index in [2.05, 4.69) is 25.2 Å². The van der Waals surface area contributed by atoms with Crippen LogP contribution in [0.5, 0.6) is 0 Å². The third-order valence-electron chi connectivity index (χ3n) is 5.01. The SMILES string of the molecule is CNc1nc(N2CCC[C@H]3CCCC[C@H]32)c2[nH]cnc2n1. The van der Waals surface area contributed by atoms with Crippen molar-refractivity contribution in [2.75, 3.05) is 23.8 Å². The fraction of sp³-hybridized carbons (Fsp3) is 0.667. The highest BCUT2D eigenvalue weighted by Crippen LogP contribution is 2.38. The van der Waals surface area contributed by atoms with Gasteiger partial charge in [-0.25, -0.2) is 4.98 Å². The third kappa shape index (κ3) is 2.13. The minimum Gasteiger partial charge on any atom is -0.357 e. The normalized spacial score (nSPS) is 25.9. The van der Waals surface area contributed by atoms with Gasteiger partial charge in [-0.15, -0.1) is 0 Å². The number of aromatic nitrogens is 4. The second kappa shape index (κ2) is 5.16. The predicted molar refractivity (Wildman–Crippen MR) is 83.6 cm³/mol. The Morgan fingerprint density at radius 2 is 2.05 bits per heavy atom. The van der Waals surface area contributed by atoms with Gasteiger partial charge >= 0.3 is 0 Å². The van der Waals surface area contributed by atoms with E-state index in [1.54, 1.807) is 6.33 Å². The maximum Gasteiger partial charge on any atom is 0.226 e. The van der Waals surface area contributed by atoms with Crippen LogP contribution in [0.4, 0.5) is 11.8 Å². The molecule has 2 aliphatic rings. The molecule has 0 aromatic carbocycles.